The number of ether oxygens (including phenoxy) is 2. The first-order valence-electron chi connectivity index (χ1n) is 7.94. The van der Waals surface area contributed by atoms with Crippen molar-refractivity contribution in [1.82, 2.24) is 9.97 Å². The largest absolute Gasteiger partial charge is 0.476 e. The lowest BCUT2D eigenvalue weighted by molar-refractivity contribution is -0.390. The molecule has 0 unspecified atom stereocenters. The second-order valence-electron chi connectivity index (χ2n) is 5.84. The predicted molar refractivity (Wildman–Crippen MR) is 97.0 cm³/mol. The SMILES string of the molecule is Cc1nc(NC(=O)COc2cccnc2[N+](=O)[O-])sc1C(=O)OCC(C)C. The molecule has 0 bridgehead atoms. The highest BCUT2D eigenvalue weighted by Crippen LogP contribution is 2.25. The van der Waals surface area contributed by atoms with Crippen LogP contribution in [-0.2, 0) is 9.53 Å². The van der Waals surface area contributed by atoms with Crippen LogP contribution in [0.5, 0.6) is 5.75 Å². The van der Waals surface area contributed by atoms with Crippen LogP contribution in [0.3, 0.4) is 0 Å². The van der Waals surface area contributed by atoms with Crippen molar-refractivity contribution in [3.05, 3.63) is 39.0 Å². The first kappa shape index (κ1) is 20.2. The summed E-state index contributed by atoms with van der Waals surface area (Å²) in [7, 11) is 0. The molecule has 2 aromatic heterocycles. The third kappa shape index (κ3) is 5.71. The number of amides is 1. The molecule has 0 saturated carbocycles. The molecule has 0 aromatic carbocycles. The van der Waals surface area contributed by atoms with Crippen molar-refractivity contribution in [3.8, 4) is 5.75 Å². The Kier molecular flexibility index (Phi) is 6.77. The van der Waals surface area contributed by atoms with Gasteiger partial charge in [0.05, 0.1) is 12.3 Å². The van der Waals surface area contributed by atoms with Gasteiger partial charge in [0, 0.05) is 0 Å². The smallest absolute Gasteiger partial charge is 0.406 e. The minimum atomic E-state index is -0.702. The van der Waals surface area contributed by atoms with Gasteiger partial charge in [0.15, 0.2) is 11.7 Å². The fraction of sp³-hybridized carbons (Fsp3) is 0.375. The Morgan fingerprint density at radius 1 is 1.41 bits per heavy atom. The fourth-order valence-corrected chi connectivity index (χ4v) is 2.75. The molecule has 0 radical (unpaired) electrons. The van der Waals surface area contributed by atoms with E-state index in [1.54, 1.807) is 6.92 Å². The van der Waals surface area contributed by atoms with Crippen LogP contribution in [0.4, 0.5) is 10.9 Å². The van der Waals surface area contributed by atoms with Gasteiger partial charge in [-0.05, 0) is 34.9 Å². The van der Waals surface area contributed by atoms with Gasteiger partial charge in [0.2, 0.25) is 5.75 Å². The second kappa shape index (κ2) is 9.03. The van der Waals surface area contributed by atoms with E-state index in [1.165, 1.54) is 18.3 Å². The maximum Gasteiger partial charge on any atom is 0.406 e. The molecule has 144 valence electrons. The average Bonchev–Trinajstić information content (AvgIpc) is 2.98. The van der Waals surface area contributed by atoms with E-state index in [0.29, 0.717) is 10.6 Å². The zero-order valence-electron chi connectivity index (χ0n) is 14.9. The van der Waals surface area contributed by atoms with Gasteiger partial charge in [-0.15, -0.1) is 0 Å². The van der Waals surface area contributed by atoms with E-state index in [9.17, 15) is 19.7 Å². The summed E-state index contributed by atoms with van der Waals surface area (Å²) in [5, 5.41) is 13.6. The van der Waals surface area contributed by atoms with E-state index in [1.807, 2.05) is 13.8 Å². The molecule has 11 heteroatoms. The number of thiazole rings is 1. The lowest BCUT2D eigenvalue weighted by Crippen LogP contribution is -2.20. The number of aryl methyl sites for hydroxylation is 1. The molecule has 10 nitrogen and oxygen atoms in total. The van der Waals surface area contributed by atoms with Crippen molar-refractivity contribution in [2.45, 2.75) is 20.8 Å². The Morgan fingerprint density at radius 2 is 2.15 bits per heavy atom. The number of rotatable bonds is 8. The zero-order valence-corrected chi connectivity index (χ0v) is 15.7. The maximum absolute atomic E-state index is 12.0. The number of nitrogens with one attached hydrogen (secondary N) is 1. The predicted octanol–water partition coefficient (Wildman–Crippen LogP) is 2.59. The second-order valence-corrected chi connectivity index (χ2v) is 6.84. The van der Waals surface area contributed by atoms with Gasteiger partial charge in [-0.25, -0.2) is 9.78 Å². The zero-order chi connectivity index (χ0) is 20.0. The van der Waals surface area contributed by atoms with Crippen molar-refractivity contribution in [2.24, 2.45) is 5.92 Å². The van der Waals surface area contributed by atoms with Gasteiger partial charge in [-0.1, -0.05) is 25.2 Å². The number of pyridine rings is 1. The minimum absolute atomic E-state index is 0.120. The Hall–Kier alpha value is -3.08. The Balaban J connectivity index is 1.96. The van der Waals surface area contributed by atoms with Crippen molar-refractivity contribution < 1.29 is 24.0 Å². The first-order valence-corrected chi connectivity index (χ1v) is 8.76. The molecule has 1 amide bonds. The number of carbonyl (C=O) groups excluding carboxylic acids is 2. The molecule has 0 aliphatic carbocycles. The van der Waals surface area contributed by atoms with Crippen LogP contribution >= 0.6 is 11.3 Å². The summed E-state index contributed by atoms with van der Waals surface area (Å²) in [6.45, 7) is 5.29. The van der Waals surface area contributed by atoms with E-state index in [2.05, 4.69) is 15.3 Å². The Bertz CT molecular complexity index is 851. The molecule has 2 aromatic rings. The summed E-state index contributed by atoms with van der Waals surface area (Å²) in [5.41, 5.74) is 0.438. The molecular formula is C16H18N4O6S. The Labute approximate surface area is 158 Å². The van der Waals surface area contributed by atoms with Crippen LogP contribution in [0.25, 0.3) is 0 Å². The summed E-state index contributed by atoms with van der Waals surface area (Å²) in [6.07, 6.45) is 1.25. The molecule has 0 aliphatic heterocycles. The van der Waals surface area contributed by atoms with Gasteiger partial charge in [-0.3, -0.25) is 10.1 Å². The molecule has 0 atom stereocenters. The normalized spacial score (nSPS) is 10.5. The molecule has 0 aliphatic rings. The summed E-state index contributed by atoms with van der Waals surface area (Å²) >= 11 is 0.984. The summed E-state index contributed by atoms with van der Waals surface area (Å²) in [4.78, 5) is 42.2. The van der Waals surface area contributed by atoms with Crippen LogP contribution < -0.4 is 10.1 Å². The number of aromatic nitrogens is 2. The van der Waals surface area contributed by atoms with Gasteiger partial charge in [-0.2, -0.15) is 0 Å². The molecule has 2 heterocycles. The topological polar surface area (TPSA) is 134 Å². The third-order valence-corrected chi connectivity index (χ3v) is 4.11. The van der Waals surface area contributed by atoms with Crippen LogP contribution in [0, 0.1) is 23.0 Å². The standard InChI is InChI=1S/C16H18N4O6S/c1-9(2)7-26-15(22)13-10(3)18-16(27-13)19-12(21)8-25-11-5-4-6-17-14(11)20(23)24/h4-6,9H,7-8H2,1-3H3,(H,18,19,21). The maximum atomic E-state index is 12.0. The van der Waals surface area contributed by atoms with Crippen molar-refractivity contribution in [2.75, 3.05) is 18.5 Å². The van der Waals surface area contributed by atoms with E-state index in [4.69, 9.17) is 9.47 Å². The monoisotopic (exact) mass is 394 g/mol. The average molecular weight is 394 g/mol. The van der Waals surface area contributed by atoms with Crippen LogP contribution in [0.1, 0.15) is 29.2 Å². The fourth-order valence-electron chi connectivity index (χ4n) is 1.88. The highest BCUT2D eigenvalue weighted by atomic mass is 32.1. The van der Waals surface area contributed by atoms with Gasteiger partial charge in [0.25, 0.3) is 5.91 Å². The van der Waals surface area contributed by atoms with Crippen molar-refractivity contribution >= 4 is 34.2 Å². The number of nitro groups is 1. The molecule has 0 fully saturated rings. The number of anilines is 1. The molecule has 1 N–H and O–H groups in total. The molecular weight excluding hydrogens is 376 g/mol. The molecule has 2 rings (SSSR count). The minimum Gasteiger partial charge on any atom is -0.476 e. The van der Waals surface area contributed by atoms with E-state index in [0.717, 1.165) is 11.3 Å². The van der Waals surface area contributed by atoms with E-state index in [-0.39, 0.29) is 23.4 Å². The van der Waals surface area contributed by atoms with Gasteiger partial charge in [0.1, 0.15) is 11.1 Å². The Morgan fingerprint density at radius 3 is 2.81 bits per heavy atom. The quantitative estimate of drug-likeness (QED) is 0.410. The first-order chi connectivity index (χ1) is 12.8. The van der Waals surface area contributed by atoms with Crippen LogP contribution in [-0.4, -0.2) is 40.0 Å². The van der Waals surface area contributed by atoms with Gasteiger partial charge >= 0.3 is 11.8 Å². The highest BCUT2D eigenvalue weighted by molar-refractivity contribution is 7.17. The van der Waals surface area contributed by atoms with Crippen LogP contribution in [0.2, 0.25) is 0 Å². The lowest BCUT2D eigenvalue weighted by atomic mass is 10.2. The number of esters is 1. The molecule has 0 saturated heterocycles. The lowest BCUT2D eigenvalue weighted by Gasteiger charge is -2.06. The van der Waals surface area contributed by atoms with Gasteiger partial charge < -0.3 is 19.6 Å². The van der Waals surface area contributed by atoms with Crippen LogP contribution in [0.15, 0.2) is 18.3 Å². The van der Waals surface area contributed by atoms with Crippen molar-refractivity contribution in [3.63, 3.8) is 0 Å². The summed E-state index contributed by atoms with van der Waals surface area (Å²) in [5.74, 6) is -1.48. The summed E-state index contributed by atoms with van der Waals surface area (Å²) < 4.78 is 10.3. The highest BCUT2D eigenvalue weighted by Gasteiger charge is 2.20. The number of carbonyl (C=O) groups is 2. The number of hydrogen-bond acceptors (Lipinski definition) is 9. The molecule has 0 spiro atoms. The third-order valence-electron chi connectivity index (χ3n) is 3.06. The van der Waals surface area contributed by atoms with E-state index >= 15 is 0 Å². The van der Waals surface area contributed by atoms with Crippen molar-refractivity contribution in [1.29, 1.82) is 0 Å². The number of nitrogens with zero attached hydrogens (tertiary/aromatic N) is 3. The summed E-state index contributed by atoms with van der Waals surface area (Å²) in [6, 6.07) is 2.80. The molecule has 27 heavy (non-hydrogen) atoms. The number of hydrogen-bond donors (Lipinski definition) is 1. The van der Waals surface area contributed by atoms with E-state index < -0.39 is 29.2 Å².